The van der Waals surface area contributed by atoms with Gasteiger partial charge in [-0.2, -0.15) is 0 Å². The molecule has 0 aliphatic carbocycles. The van der Waals surface area contributed by atoms with Crippen LogP contribution in [0.4, 0.5) is 5.69 Å². The molecule has 0 bridgehead atoms. The number of nitrogens with one attached hydrogen (secondary N) is 2. The maximum atomic E-state index is 11.8. The molecule has 0 unspecified atom stereocenters. The van der Waals surface area contributed by atoms with Crippen LogP contribution in [-0.2, 0) is 14.3 Å². The predicted octanol–water partition coefficient (Wildman–Crippen LogP) is 0.929. The first kappa shape index (κ1) is 14.3. The fourth-order valence-corrected chi connectivity index (χ4v) is 1.91. The number of carbonyl (C=O) groups excluding carboxylic acids is 2. The topological polar surface area (TPSA) is 76.7 Å². The second-order valence-corrected chi connectivity index (χ2v) is 4.49. The van der Waals surface area contributed by atoms with Gasteiger partial charge in [-0.15, -0.1) is 0 Å². The SMILES string of the molecule is COCCCNC(=O)C[C@H]1Oc2ccccc2NC1=O. The highest BCUT2D eigenvalue weighted by Gasteiger charge is 2.29. The summed E-state index contributed by atoms with van der Waals surface area (Å²) in [4.78, 5) is 23.6. The van der Waals surface area contributed by atoms with Gasteiger partial charge in [-0.05, 0) is 18.6 Å². The van der Waals surface area contributed by atoms with E-state index in [9.17, 15) is 9.59 Å². The molecule has 6 nitrogen and oxygen atoms in total. The summed E-state index contributed by atoms with van der Waals surface area (Å²) in [5.41, 5.74) is 0.634. The third-order valence-electron chi connectivity index (χ3n) is 2.92. The Morgan fingerprint density at radius 2 is 2.25 bits per heavy atom. The summed E-state index contributed by atoms with van der Waals surface area (Å²) >= 11 is 0. The quantitative estimate of drug-likeness (QED) is 0.759. The van der Waals surface area contributed by atoms with Crippen molar-refractivity contribution in [2.24, 2.45) is 0 Å². The van der Waals surface area contributed by atoms with E-state index < -0.39 is 6.10 Å². The van der Waals surface area contributed by atoms with Crippen LogP contribution < -0.4 is 15.4 Å². The van der Waals surface area contributed by atoms with Crippen LogP contribution in [0.1, 0.15) is 12.8 Å². The van der Waals surface area contributed by atoms with Gasteiger partial charge in [-0.1, -0.05) is 12.1 Å². The molecular formula is C14H18N2O4. The highest BCUT2D eigenvalue weighted by molar-refractivity contribution is 5.99. The summed E-state index contributed by atoms with van der Waals surface area (Å²) in [5, 5.41) is 5.46. The van der Waals surface area contributed by atoms with Gasteiger partial charge >= 0.3 is 0 Å². The molecule has 1 heterocycles. The van der Waals surface area contributed by atoms with Crippen molar-refractivity contribution < 1.29 is 19.1 Å². The van der Waals surface area contributed by atoms with Crippen molar-refractivity contribution >= 4 is 17.5 Å². The molecule has 2 N–H and O–H groups in total. The monoisotopic (exact) mass is 278 g/mol. The Balaban J connectivity index is 1.84. The predicted molar refractivity (Wildman–Crippen MR) is 73.6 cm³/mol. The normalized spacial score (nSPS) is 16.9. The van der Waals surface area contributed by atoms with Gasteiger partial charge in [0.25, 0.3) is 5.91 Å². The van der Waals surface area contributed by atoms with Gasteiger partial charge in [0.1, 0.15) is 5.75 Å². The molecule has 6 heteroatoms. The Kier molecular flexibility index (Phi) is 4.95. The first-order chi connectivity index (χ1) is 9.70. The van der Waals surface area contributed by atoms with E-state index in [1.54, 1.807) is 19.2 Å². The molecule has 0 saturated heterocycles. The lowest BCUT2D eigenvalue weighted by molar-refractivity contribution is -0.130. The second-order valence-electron chi connectivity index (χ2n) is 4.49. The summed E-state index contributed by atoms with van der Waals surface area (Å²) < 4.78 is 10.4. The summed E-state index contributed by atoms with van der Waals surface area (Å²) in [6, 6.07) is 7.15. The maximum Gasteiger partial charge on any atom is 0.266 e. The van der Waals surface area contributed by atoms with Gasteiger partial charge in [0.15, 0.2) is 6.10 Å². The maximum absolute atomic E-state index is 11.8. The zero-order valence-corrected chi connectivity index (χ0v) is 11.3. The molecule has 1 aromatic rings. The zero-order chi connectivity index (χ0) is 14.4. The highest BCUT2D eigenvalue weighted by atomic mass is 16.5. The molecule has 0 radical (unpaired) electrons. The fraction of sp³-hybridized carbons (Fsp3) is 0.429. The molecule has 20 heavy (non-hydrogen) atoms. The Morgan fingerprint density at radius 3 is 3.05 bits per heavy atom. The van der Waals surface area contributed by atoms with E-state index in [4.69, 9.17) is 9.47 Å². The third kappa shape index (κ3) is 3.71. The highest BCUT2D eigenvalue weighted by Crippen LogP contribution is 2.29. The molecule has 0 fully saturated rings. The second kappa shape index (κ2) is 6.91. The van der Waals surface area contributed by atoms with Crippen LogP contribution in [0.2, 0.25) is 0 Å². The average Bonchev–Trinajstić information content (AvgIpc) is 2.44. The molecule has 108 valence electrons. The first-order valence-electron chi connectivity index (χ1n) is 6.53. The third-order valence-corrected chi connectivity index (χ3v) is 2.92. The van der Waals surface area contributed by atoms with E-state index >= 15 is 0 Å². The number of ether oxygens (including phenoxy) is 2. The molecule has 2 rings (SSSR count). The fourth-order valence-electron chi connectivity index (χ4n) is 1.91. The van der Waals surface area contributed by atoms with Crippen LogP contribution in [0, 0.1) is 0 Å². The summed E-state index contributed by atoms with van der Waals surface area (Å²) in [6.45, 7) is 1.12. The van der Waals surface area contributed by atoms with Crippen molar-refractivity contribution in [3.63, 3.8) is 0 Å². The number of methoxy groups -OCH3 is 1. The van der Waals surface area contributed by atoms with Crippen LogP contribution in [-0.4, -0.2) is 38.2 Å². The Bertz CT molecular complexity index is 490. The van der Waals surface area contributed by atoms with Crippen molar-refractivity contribution in [3.05, 3.63) is 24.3 Å². The van der Waals surface area contributed by atoms with E-state index in [1.165, 1.54) is 0 Å². The smallest absolute Gasteiger partial charge is 0.266 e. The van der Waals surface area contributed by atoms with Crippen LogP contribution >= 0.6 is 0 Å². The average molecular weight is 278 g/mol. The number of amides is 2. The number of carbonyl (C=O) groups is 2. The van der Waals surface area contributed by atoms with Crippen molar-refractivity contribution in [2.75, 3.05) is 25.6 Å². The van der Waals surface area contributed by atoms with Gasteiger partial charge < -0.3 is 20.1 Å². The molecule has 0 spiro atoms. The number of rotatable bonds is 6. The lowest BCUT2D eigenvalue weighted by Gasteiger charge is -2.25. The Labute approximate surface area is 117 Å². The molecule has 0 aromatic heterocycles. The van der Waals surface area contributed by atoms with E-state index in [-0.39, 0.29) is 18.2 Å². The lowest BCUT2D eigenvalue weighted by Crippen LogP contribution is -2.41. The molecular weight excluding hydrogens is 260 g/mol. The molecule has 1 aromatic carbocycles. The largest absolute Gasteiger partial charge is 0.478 e. The minimum absolute atomic E-state index is 0.00709. The summed E-state index contributed by atoms with van der Waals surface area (Å²) in [7, 11) is 1.61. The summed E-state index contributed by atoms with van der Waals surface area (Å²) in [6.07, 6.45) is -0.0389. The van der Waals surface area contributed by atoms with Crippen molar-refractivity contribution in [1.82, 2.24) is 5.32 Å². The van der Waals surface area contributed by atoms with Gasteiger partial charge in [-0.3, -0.25) is 9.59 Å². The number of anilines is 1. The van der Waals surface area contributed by atoms with E-state index in [0.29, 0.717) is 24.6 Å². The number of para-hydroxylation sites is 2. The molecule has 1 aliphatic heterocycles. The van der Waals surface area contributed by atoms with Crippen molar-refractivity contribution in [2.45, 2.75) is 18.9 Å². The van der Waals surface area contributed by atoms with E-state index in [0.717, 1.165) is 6.42 Å². The van der Waals surface area contributed by atoms with Crippen LogP contribution in [0.5, 0.6) is 5.75 Å². The first-order valence-corrected chi connectivity index (χ1v) is 6.53. The standard InChI is InChI=1S/C14H18N2O4/c1-19-8-4-7-15-13(17)9-12-14(18)16-10-5-2-3-6-11(10)20-12/h2-3,5-6,12H,4,7-9H2,1H3,(H,15,17)(H,16,18)/t12-/m1/s1. The Morgan fingerprint density at radius 1 is 1.45 bits per heavy atom. The molecule has 1 aliphatic rings. The van der Waals surface area contributed by atoms with Crippen LogP contribution in [0.25, 0.3) is 0 Å². The minimum atomic E-state index is -0.785. The van der Waals surface area contributed by atoms with E-state index in [1.807, 2.05) is 12.1 Å². The lowest BCUT2D eigenvalue weighted by atomic mass is 10.1. The van der Waals surface area contributed by atoms with Gasteiger partial charge in [0, 0.05) is 20.3 Å². The number of benzene rings is 1. The number of fused-ring (bicyclic) bond motifs is 1. The minimum Gasteiger partial charge on any atom is -0.478 e. The molecule has 2 amide bonds. The van der Waals surface area contributed by atoms with Gasteiger partial charge in [0.2, 0.25) is 5.91 Å². The van der Waals surface area contributed by atoms with Crippen molar-refractivity contribution in [1.29, 1.82) is 0 Å². The van der Waals surface area contributed by atoms with Gasteiger partial charge in [-0.25, -0.2) is 0 Å². The van der Waals surface area contributed by atoms with Gasteiger partial charge in [0.05, 0.1) is 12.1 Å². The van der Waals surface area contributed by atoms with Crippen LogP contribution in [0.3, 0.4) is 0 Å². The van der Waals surface area contributed by atoms with Crippen LogP contribution in [0.15, 0.2) is 24.3 Å². The van der Waals surface area contributed by atoms with Crippen molar-refractivity contribution in [3.8, 4) is 5.75 Å². The zero-order valence-electron chi connectivity index (χ0n) is 11.3. The number of hydrogen-bond acceptors (Lipinski definition) is 4. The Hall–Kier alpha value is -2.08. The summed E-state index contributed by atoms with van der Waals surface area (Å²) in [5.74, 6) is 0.0839. The van der Waals surface area contributed by atoms with E-state index in [2.05, 4.69) is 10.6 Å². The molecule has 1 atom stereocenters. The molecule has 0 saturated carbocycles. The number of hydrogen-bond donors (Lipinski definition) is 2.